The van der Waals surface area contributed by atoms with Crippen molar-refractivity contribution in [2.75, 3.05) is 53.4 Å². The van der Waals surface area contributed by atoms with E-state index in [1.807, 2.05) is 44.2 Å². The van der Waals surface area contributed by atoms with Gasteiger partial charge in [0.25, 0.3) is 0 Å². The van der Waals surface area contributed by atoms with Gasteiger partial charge in [-0.05, 0) is 55.3 Å². The van der Waals surface area contributed by atoms with Crippen LogP contribution in [-0.2, 0) is 11.3 Å². The molecule has 1 atom stereocenters. The molecule has 1 aliphatic heterocycles. The lowest BCUT2D eigenvalue weighted by Gasteiger charge is -2.28. The van der Waals surface area contributed by atoms with Crippen molar-refractivity contribution in [3.63, 3.8) is 0 Å². The molecule has 6 heteroatoms. The number of amides is 1. The van der Waals surface area contributed by atoms with Gasteiger partial charge in [-0.2, -0.15) is 0 Å². The molecular formula is C24H33N3O3. The maximum absolute atomic E-state index is 13.0. The number of hydrogen-bond acceptors (Lipinski definition) is 5. The Morgan fingerprint density at radius 1 is 1.07 bits per heavy atom. The summed E-state index contributed by atoms with van der Waals surface area (Å²) in [6.07, 6.45) is 2.07. The Balaban J connectivity index is 1.66. The largest absolute Gasteiger partial charge is 0.497 e. The molecule has 2 aromatic rings. The summed E-state index contributed by atoms with van der Waals surface area (Å²) in [7, 11) is 9.27. The van der Waals surface area contributed by atoms with E-state index in [2.05, 4.69) is 34.1 Å². The van der Waals surface area contributed by atoms with Crippen LogP contribution < -0.4 is 14.4 Å². The third-order valence-electron chi connectivity index (χ3n) is 5.80. The van der Waals surface area contributed by atoms with Gasteiger partial charge >= 0.3 is 0 Å². The zero-order valence-corrected chi connectivity index (χ0v) is 18.7. The molecule has 0 bridgehead atoms. The molecule has 3 rings (SSSR count). The molecular weight excluding hydrogens is 378 g/mol. The Bertz CT molecular complexity index is 851. The normalized spacial score (nSPS) is 16.4. The van der Waals surface area contributed by atoms with Gasteiger partial charge in [-0.15, -0.1) is 0 Å². The summed E-state index contributed by atoms with van der Waals surface area (Å²) in [4.78, 5) is 19.1. The molecule has 1 aliphatic rings. The second kappa shape index (κ2) is 9.85. The van der Waals surface area contributed by atoms with E-state index in [9.17, 15) is 4.79 Å². The molecule has 1 amide bonds. The lowest BCUT2D eigenvalue weighted by molar-refractivity contribution is -0.131. The Kier molecular flexibility index (Phi) is 7.21. The first-order valence-electron chi connectivity index (χ1n) is 10.4. The summed E-state index contributed by atoms with van der Waals surface area (Å²) in [5.41, 5.74) is 3.37. The number of anilines is 1. The highest BCUT2D eigenvalue weighted by atomic mass is 16.5. The van der Waals surface area contributed by atoms with E-state index >= 15 is 0 Å². The zero-order valence-electron chi connectivity index (χ0n) is 18.7. The number of likely N-dealkylation sites (N-methyl/N-ethyl adjacent to an activating group) is 1. The van der Waals surface area contributed by atoms with Crippen LogP contribution in [0.4, 0.5) is 5.69 Å². The van der Waals surface area contributed by atoms with Crippen molar-refractivity contribution in [2.45, 2.75) is 25.4 Å². The molecule has 2 aromatic carbocycles. The average molecular weight is 412 g/mol. The van der Waals surface area contributed by atoms with E-state index in [-0.39, 0.29) is 11.9 Å². The second-order valence-corrected chi connectivity index (χ2v) is 8.05. The van der Waals surface area contributed by atoms with Gasteiger partial charge in [-0.1, -0.05) is 12.1 Å². The van der Waals surface area contributed by atoms with Crippen LogP contribution in [0.15, 0.2) is 42.5 Å². The van der Waals surface area contributed by atoms with E-state index in [4.69, 9.17) is 9.47 Å². The topological polar surface area (TPSA) is 45.3 Å². The third kappa shape index (κ3) is 5.05. The molecule has 162 valence electrons. The fourth-order valence-electron chi connectivity index (χ4n) is 4.02. The SMILES string of the molecule is COc1ccc(OC)c([C@@H]2CCCN2CC(=O)N(C)Cc2ccc(N(C)C)cc2)c1. The molecule has 1 fully saturated rings. The Morgan fingerprint density at radius 3 is 2.43 bits per heavy atom. The van der Waals surface area contributed by atoms with Crippen molar-refractivity contribution in [1.29, 1.82) is 0 Å². The highest BCUT2D eigenvalue weighted by molar-refractivity contribution is 5.78. The van der Waals surface area contributed by atoms with Gasteiger partial charge in [-0.25, -0.2) is 0 Å². The van der Waals surface area contributed by atoms with Gasteiger partial charge in [0.1, 0.15) is 11.5 Å². The number of ether oxygens (including phenoxy) is 2. The van der Waals surface area contributed by atoms with E-state index in [0.29, 0.717) is 13.1 Å². The molecule has 0 saturated carbocycles. The first kappa shape index (κ1) is 22.0. The number of hydrogen-bond donors (Lipinski definition) is 0. The first-order chi connectivity index (χ1) is 14.4. The minimum atomic E-state index is 0.125. The number of likely N-dealkylation sites (tertiary alicyclic amines) is 1. The molecule has 0 radical (unpaired) electrons. The van der Waals surface area contributed by atoms with Crippen LogP contribution in [-0.4, -0.2) is 64.2 Å². The van der Waals surface area contributed by atoms with Gasteiger partial charge in [0.2, 0.25) is 5.91 Å². The molecule has 0 spiro atoms. The number of rotatable bonds is 8. The summed E-state index contributed by atoms with van der Waals surface area (Å²) in [6.45, 7) is 1.91. The number of benzene rings is 2. The molecule has 0 aliphatic carbocycles. The fraction of sp³-hybridized carbons (Fsp3) is 0.458. The van der Waals surface area contributed by atoms with Crippen molar-refractivity contribution in [3.05, 3.63) is 53.6 Å². The highest BCUT2D eigenvalue weighted by Crippen LogP contribution is 2.38. The molecule has 0 N–H and O–H groups in total. The van der Waals surface area contributed by atoms with Gasteiger partial charge in [0.15, 0.2) is 0 Å². The van der Waals surface area contributed by atoms with E-state index in [1.54, 1.807) is 14.2 Å². The van der Waals surface area contributed by atoms with Gasteiger partial charge in [0, 0.05) is 45.0 Å². The molecule has 0 unspecified atom stereocenters. The monoisotopic (exact) mass is 411 g/mol. The number of carbonyl (C=O) groups excluding carboxylic acids is 1. The summed E-state index contributed by atoms with van der Waals surface area (Å²) in [6, 6.07) is 14.4. The fourth-order valence-corrected chi connectivity index (χ4v) is 4.02. The lowest BCUT2D eigenvalue weighted by atomic mass is 10.0. The predicted molar refractivity (Wildman–Crippen MR) is 120 cm³/mol. The van der Waals surface area contributed by atoms with Gasteiger partial charge < -0.3 is 19.3 Å². The van der Waals surface area contributed by atoms with Crippen LogP contribution in [0.3, 0.4) is 0 Å². The Morgan fingerprint density at radius 2 is 1.80 bits per heavy atom. The zero-order chi connectivity index (χ0) is 21.7. The highest BCUT2D eigenvalue weighted by Gasteiger charge is 2.30. The number of methoxy groups -OCH3 is 2. The number of nitrogens with zero attached hydrogens (tertiary/aromatic N) is 3. The van der Waals surface area contributed by atoms with Gasteiger partial charge in [-0.3, -0.25) is 9.69 Å². The van der Waals surface area contributed by atoms with Crippen LogP contribution in [0.1, 0.15) is 30.0 Å². The molecule has 0 aromatic heterocycles. The van der Waals surface area contributed by atoms with E-state index < -0.39 is 0 Å². The van der Waals surface area contributed by atoms with Crippen molar-refractivity contribution < 1.29 is 14.3 Å². The average Bonchev–Trinajstić information content (AvgIpc) is 3.21. The van der Waals surface area contributed by atoms with Crippen molar-refractivity contribution in [2.24, 2.45) is 0 Å². The maximum atomic E-state index is 13.0. The third-order valence-corrected chi connectivity index (χ3v) is 5.80. The van der Waals surface area contributed by atoms with Crippen molar-refractivity contribution >= 4 is 11.6 Å². The standard InChI is InChI=1S/C24H33N3O3/c1-25(2)19-10-8-18(9-11-19)16-26(3)24(28)17-27-14-6-7-22(27)21-15-20(29-4)12-13-23(21)30-5/h8-13,15,22H,6-7,14,16-17H2,1-5H3/t22-/m0/s1. The summed E-state index contributed by atoms with van der Waals surface area (Å²) in [5, 5.41) is 0. The van der Waals surface area contributed by atoms with Crippen molar-refractivity contribution in [3.8, 4) is 11.5 Å². The quantitative estimate of drug-likeness (QED) is 0.665. The molecule has 1 heterocycles. The minimum Gasteiger partial charge on any atom is -0.497 e. The number of carbonyl (C=O) groups is 1. The van der Waals surface area contributed by atoms with Gasteiger partial charge in [0.05, 0.1) is 20.8 Å². The summed E-state index contributed by atoms with van der Waals surface area (Å²) in [5.74, 6) is 1.78. The second-order valence-electron chi connectivity index (χ2n) is 8.05. The molecule has 30 heavy (non-hydrogen) atoms. The summed E-state index contributed by atoms with van der Waals surface area (Å²) >= 11 is 0. The van der Waals surface area contributed by atoms with Crippen LogP contribution in [0.2, 0.25) is 0 Å². The van der Waals surface area contributed by atoms with Crippen molar-refractivity contribution in [1.82, 2.24) is 9.80 Å². The minimum absolute atomic E-state index is 0.125. The lowest BCUT2D eigenvalue weighted by Crippen LogP contribution is -2.37. The van der Waals surface area contributed by atoms with E-state index in [1.165, 1.54) is 0 Å². The molecule has 6 nitrogen and oxygen atoms in total. The summed E-state index contributed by atoms with van der Waals surface area (Å²) < 4.78 is 11.0. The first-order valence-corrected chi connectivity index (χ1v) is 10.4. The van der Waals surface area contributed by atoms with Crippen LogP contribution in [0.25, 0.3) is 0 Å². The smallest absolute Gasteiger partial charge is 0.236 e. The van der Waals surface area contributed by atoms with E-state index in [0.717, 1.165) is 47.7 Å². The maximum Gasteiger partial charge on any atom is 0.236 e. The van der Waals surface area contributed by atoms with Crippen LogP contribution >= 0.6 is 0 Å². The Labute approximate surface area is 180 Å². The Hall–Kier alpha value is -2.73. The predicted octanol–water partition coefficient (Wildman–Crippen LogP) is 3.57. The molecule has 1 saturated heterocycles. The van der Waals surface area contributed by atoms with Crippen LogP contribution in [0, 0.1) is 0 Å². The van der Waals surface area contributed by atoms with Crippen LogP contribution in [0.5, 0.6) is 11.5 Å².